The summed E-state index contributed by atoms with van der Waals surface area (Å²) in [6.45, 7) is 11.3. The number of benzene rings is 1. The molecule has 2 atom stereocenters. The Balaban J connectivity index is 2.20. The summed E-state index contributed by atoms with van der Waals surface area (Å²) in [5.74, 6) is -0.502. The highest BCUT2D eigenvalue weighted by atomic mass is 16.6. The highest BCUT2D eigenvalue weighted by molar-refractivity contribution is 5.89. The van der Waals surface area contributed by atoms with Crippen molar-refractivity contribution < 1.29 is 23.8 Å². The van der Waals surface area contributed by atoms with E-state index < -0.39 is 30.1 Å². The predicted molar refractivity (Wildman–Crippen MR) is 92.9 cm³/mol. The quantitative estimate of drug-likeness (QED) is 0.760. The second kappa shape index (κ2) is 7.04. The van der Waals surface area contributed by atoms with E-state index >= 15 is 0 Å². The first-order valence-electron chi connectivity index (χ1n) is 8.38. The zero-order chi connectivity index (χ0) is 18.8. The molecule has 1 aromatic rings. The van der Waals surface area contributed by atoms with Crippen LogP contribution in [0.15, 0.2) is 30.3 Å². The van der Waals surface area contributed by atoms with E-state index in [1.807, 2.05) is 26.8 Å². The molecule has 1 aromatic carbocycles. The first-order chi connectivity index (χ1) is 11.5. The smallest absolute Gasteiger partial charge is 0.415 e. The molecule has 0 saturated carbocycles. The van der Waals surface area contributed by atoms with Gasteiger partial charge in [-0.25, -0.2) is 14.5 Å². The van der Waals surface area contributed by atoms with Gasteiger partial charge in [0.25, 0.3) is 0 Å². The summed E-state index contributed by atoms with van der Waals surface area (Å²) in [4.78, 5) is 26.4. The molecule has 2 rings (SSSR count). The Morgan fingerprint density at radius 3 is 2.20 bits per heavy atom. The molecule has 1 heterocycles. The Morgan fingerprint density at radius 2 is 1.68 bits per heavy atom. The van der Waals surface area contributed by atoms with Gasteiger partial charge in [0.2, 0.25) is 6.23 Å². The maximum absolute atomic E-state index is 12.7. The molecule has 0 aromatic heterocycles. The summed E-state index contributed by atoms with van der Waals surface area (Å²) in [6.07, 6.45) is -1.93. The molecule has 0 radical (unpaired) electrons. The molecule has 0 spiro atoms. The molecule has 1 amide bonds. The summed E-state index contributed by atoms with van der Waals surface area (Å²) in [5.41, 5.74) is -0.591. The normalized spacial score (nSPS) is 21.1. The molecule has 0 aliphatic carbocycles. The van der Waals surface area contributed by atoms with Crippen molar-refractivity contribution in [2.45, 2.75) is 59.6 Å². The standard InChI is InChI=1S/C19H27NO5/c1-18(2,3)16-20(17(22)25-19(4,5)6)14(12-23-16)24-15(21)13-10-8-7-9-11-13/h7-11,14,16H,12H2,1-6H3/t14-,16+/m0/s1. The largest absolute Gasteiger partial charge is 0.444 e. The van der Waals surface area contributed by atoms with Crippen LogP contribution in [0.5, 0.6) is 0 Å². The van der Waals surface area contributed by atoms with Gasteiger partial charge in [0, 0.05) is 5.41 Å². The average Bonchev–Trinajstić information content (AvgIpc) is 2.90. The molecule has 1 aliphatic heterocycles. The Bertz CT molecular complexity index is 615. The molecule has 1 aliphatic rings. The van der Waals surface area contributed by atoms with Crippen molar-refractivity contribution in [1.29, 1.82) is 0 Å². The lowest BCUT2D eigenvalue weighted by molar-refractivity contribution is -0.0749. The average molecular weight is 349 g/mol. The minimum atomic E-state index is -0.827. The molecule has 6 heteroatoms. The van der Waals surface area contributed by atoms with E-state index in [9.17, 15) is 9.59 Å². The Morgan fingerprint density at radius 1 is 1.08 bits per heavy atom. The van der Waals surface area contributed by atoms with Gasteiger partial charge in [-0.2, -0.15) is 0 Å². The molecule has 138 valence electrons. The third-order valence-corrected chi connectivity index (χ3v) is 3.56. The maximum Gasteiger partial charge on any atom is 0.415 e. The van der Waals surface area contributed by atoms with Crippen LogP contribution in [0.3, 0.4) is 0 Å². The predicted octanol–water partition coefficient (Wildman–Crippen LogP) is 3.81. The third kappa shape index (κ3) is 4.95. The van der Waals surface area contributed by atoms with Gasteiger partial charge in [-0.3, -0.25) is 0 Å². The van der Waals surface area contributed by atoms with Crippen LogP contribution in [0.2, 0.25) is 0 Å². The van der Waals surface area contributed by atoms with Crippen molar-refractivity contribution >= 4 is 12.1 Å². The van der Waals surface area contributed by atoms with Crippen molar-refractivity contribution in [3.8, 4) is 0 Å². The van der Waals surface area contributed by atoms with E-state index in [1.165, 1.54) is 4.90 Å². The number of esters is 1. The second-order valence-corrected chi connectivity index (χ2v) is 8.17. The van der Waals surface area contributed by atoms with Crippen molar-refractivity contribution in [3.63, 3.8) is 0 Å². The van der Waals surface area contributed by atoms with Crippen molar-refractivity contribution in [3.05, 3.63) is 35.9 Å². The van der Waals surface area contributed by atoms with Crippen LogP contribution in [0.25, 0.3) is 0 Å². The minimum absolute atomic E-state index is 0.111. The lowest BCUT2D eigenvalue weighted by Gasteiger charge is -2.36. The number of carbonyl (C=O) groups is 2. The lowest BCUT2D eigenvalue weighted by atomic mass is 9.93. The molecule has 0 N–H and O–H groups in total. The van der Waals surface area contributed by atoms with Crippen LogP contribution in [-0.2, 0) is 14.2 Å². The van der Waals surface area contributed by atoms with Crippen molar-refractivity contribution in [2.24, 2.45) is 5.41 Å². The Kier molecular flexibility index (Phi) is 5.42. The van der Waals surface area contributed by atoms with Crippen LogP contribution in [-0.4, -0.2) is 41.6 Å². The zero-order valence-corrected chi connectivity index (χ0v) is 15.7. The van der Waals surface area contributed by atoms with Gasteiger partial charge < -0.3 is 14.2 Å². The Labute approximate surface area is 149 Å². The van der Waals surface area contributed by atoms with Gasteiger partial charge in [0.1, 0.15) is 18.4 Å². The van der Waals surface area contributed by atoms with E-state index in [1.54, 1.807) is 45.0 Å². The molecule has 0 bridgehead atoms. The lowest BCUT2D eigenvalue weighted by Crippen LogP contribution is -2.50. The Hall–Kier alpha value is -2.08. The van der Waals surface area contributed by atoms with E-state index in [4.69, 9.17) is 14.2 Å². The minimum Gasteiger partial charge on any atom is -0.444 e. The summed E-state index contributed by atoms with van der Waals surface area (Å²) in [6, 6.07) is 8.66. The fourth-order valence-corrected chi connectivity index (χ4v) is 2.54. The van der Waals surface area contributed by atoms with Crippen LogP contribution in [0.4, 0.5) is 4.79 Å². The van der Waals surface area contributed by atoms with E-state index in [2.05, 4.69) is 0 Å². The number of ether oxygens (including phenoxy) is 3. The van der Waals surface area contributed by atoms with Crippen LogP contribution >= 0.6 is 0 Å². The van der Waals surface area contributed by atoms with Gasteiger partial charge in [-0.05, 0) is 32.9 Å². The molecule has 6 nitrogen and oxygen atoms in total. The molecule has 1 fully saturated rings. The summed E-state index contributed by atoms with van der Waals surface area (Å²) in [7, 11) is 0. The van der Waals surface area contributed by atoms with E-state index in [-0.39, 0.29) is 12.0 Å². The first-order valence-corrected chi connectivity index (χ1v) is 8.38. The number of nitrogens with zero attached hydrogens (tertiary/aromatic N) is 1. The molecule has 1 saturated heterocycles. The number of rotatable bonds is 2. The number of amides is 1. The highest BCUT2D eigenvalue weighted by Crippen LogP contribution is 2.33. The van der Waals surface area contributed by atoms with E-state index in [0.717, 1.165) is 0 Å². The summed E-state index contributed by atoms with van der Waals surface area (Å²) < 4.78 is 16.8. The van der Waals surface area contributed by atoms with Gasteiger partial charge in [0.15, 0.2) is 0 Å². The van der Waals surface area contributed by atoms with Crippen LogP contribution in [0.1, 0.15) is 51.9 Å². The number of carbonyl (C=O) groups excluding carboxylic acids is 2. The summed E-state index contributed by atoms with van der Waals surface area (Å²) >= 11 is 0. The molecular formula is C19H27NO5. The number of hydrogen-bond donors (Lipinski definition) is 0. The van der Waals surface area contributed by atoms with Gasteiger partial charge >= 0.3 is 12.1 Å². The first kappa shape index (κ1) is 19.2. The monoisotopic (exact) mass is 349 g/mol. The maximum atomic E-state index is 12.7. The fourth-order valence-electron chi connectivity index (χ4n) is 2.54. The van der Waals surface area contributed by atoms with Crippen LogP contribution < -0.4 is 0 Å². The van der Waals surface area contributed by atoms with Gasteiger partial charge in [-0.15, -0.1) is 0 Å². The molecule has 25 heavy (non-hydrogen) atoms. The second-order valence-electron chi connectivity index (χ2n) is 8.17. The molecular weight excluding hydrogens is 322 g/mol. The van der Waals surface area contributed by atoms with Gasteiger partial charge in [-0.1, -0.05) is 39.0 Å². The third-order valence-electron chi connectivity index (χ3n) is 3.56. The van der Waals surface area contributed by atoms with Crippen LogP contribution in [0, 0.1) is 5.41 Å². The van der Waals surface area contributed by atoms with Gasteiger partial charge in [0.05, 0.1) is 5.56 Å². The SMILES string of the molecule is CC(C)(C)OC(=O)N1[C@@H](OC(=O)c2ccccc2)CO[C@@H]1C(C)(C)C. The summed E-state index contributed by atoms with van der Waals surface area (Å²) in [5, 5.41) is 0. The van der Waals surface area contributed by atoms with Crippen molar-refractivity contribution in [2.75, 3.05) is 6.61 Å². The highest BCUT2D eigenvalue weighted by Gasteiger charge is 2.47. The van der Waals surface area contributed by atoms with E-state index in [0.29, 0.717) is 5.56 Å². The zero-order valence-electron chi connectivity index (χ0n) is 15.7. The fraction of sp³-hybridized carbons (Fsp3) is 0.579. The number of hydrogen-bond acceptors (Lipinski definition) is 5. The molecule has 0 unspecified atom stereocenters. The van der Waals surface area contributed by atoms with Crippen molar-refractivity contribution in [1.82, 2.24) is 4.90 Å². The topological polar surface area (TPSA) is 65.1 Å².